The number of likely N-dealkylation sites (tertiary alicyclic amines) is 1. The van der Waals surface area contributed by atoms with Crippen LogP contribution in [0.1, 0.15) is 41.6 Å². The molecular weight excluding hydrogens is 562 g/mol. The van der Waals surface area contributed by atoms with Crippen LogP contribution in [-0.2, 0) is 4.74 Å². The number of β-amino-alcohol motifs (C(OH)–C–C–N with tert-alkyl or cyclic N) is 1. The molecule has 2 aromatic carbocycles. The van der Waals surface area contributed by atoms with Gasteiger partial charge in [0.2, 0.25) is 0 Å². The number of pyridine rings is 1. The number of carbonyl (C=O) groups is 2. The molecule has 11 nitrogen and oxygen atoms in total. The summed E-state index contributed by atoms with van der Waals surface area (Å²) >= 11 is 0. The van der Waals surface area contributed by atoms with E-state index in [0.29, 0.717) is 53.2 Å². The summed E-state index contributed by atoms with van der Waals surface area (Å²) in [5, 5.41) is 15.9. The molecule has 11 heteroatoms. The average Bonchev–Trinajstić information content (AvgIpc) is 3.44. The van der Waals surface area contributed by atoms with Gasteiger partial charge in [0.15, 0.2) is 11.5 Å². The third-order valence-electron chi connectivity index (χ3n) is 7.69. The zero-order valence-corrected chi connectivity index (χ0v) is 25.3. The average molecular weight is 602 g/mol. The molecule has 0 radical (unpaired) electrons. The van der Waals surface area contributed by atoms with Crippen LogP contribution in [0.15, 0.2) is 67.0 Å². The lowest BCUT2D eigenvalue weighted by Crippen LogP contribution is -2.37. The number of nitrogens with zero attached hydrogens (tertiary/aromatic N) is 3. The molecule has 5 rings (SSSR count). The Morgan fingerprint density at radius 2 is 1.82 bits per heavy atom. The predicted molar refractivity (Wildman–Crippen MR) is 168 cm³/mol. The van der Waals surface area contributed by atoms with Gasteiger partial charge in [-0.2, -0.15) is 0 Å². The molecular formula is C33H39N5O6. The van der Waals surface area contributed by atoms with Gasteiger partial charge in [0.05, 0.1) is 18.2 Å². The zero-order chi connectivity index (χ0) is 31.1. The number of piperidine rings is 1. The van der Waals surface area contributed by atoms with Crippen LogP contribution < -0.4 is 20.1 Å². The first-order valence-corrected chi connectivity index (χ1v) is 14.8. The van der Waals surface area contributed by atoms with Gasteiger partial charge in [0, 0.05) is 56.2 Å². The Kier molecular flexibility index (Phi) is 10.1. The van der Waals surface area contributed by atoms with Crippen molar-refractivity contribution in [2.75, 3.05) is 52.3 Å². The minimum atomic E-state index is -0.317. The van der Waals surface area contributed by atoms with Gasteiger partial charge in [-0.15, -0.1) is 0 Å². The Labute approximate surface area is 256 Å². The summed E-state index contributed by atoms with van der Waals surface area (Å²) in [6, 6.07) is 16.2. The standard InChI is InChI=1S/C33H39N5O6/c1-22(39)21-37-13-9-24(10-14-37)23-4-6-25(7-5-23)32(40)36-31-19-27(8-12-35-31)44-30-18-26-11-15-38(33(41)34-2)28(26)20-29(30)43-17-16-42-3/h4-8,11-12,15,18-20,22,24,39H,9-10,13-14,16-17,21H2,1-3H3,(H,34,41)(H,35,36,40)/t22-/m0/s1. The van der Waals surface area contributed by atoms with Gasteiger partial charge >= 0.3 is 6.03 Å². The number of aliphatic hydroxyl groups excluding tert-OH is 1. The number of anilines is 1. The lowest BCUT2D eigenvalue weighted by Gasteiger charge is -2.32. The molecule has 1 saturated heterocycles. The van der Waals surface area contributed by atoms with Crippen molar-refractivity contribution in [2.24, 2.45) is 0 Å². The quantitative estimate of drug-likeness (QED) is 0.208. The lowest BCUT2D eigenvalue weighted by molar-refractivity contribution is 0.102. The molecule has 3 heterocycles. The highest BCUT2D eigenvalue weighted by atomic mass is 16.5. The first-order valence-electron chi connectivity index (χ1n) is 14.8. The largest absolute Gasteiger partial charge is 0.487 e. The SMILES string of the molecule is CNC(=O)n1ccc2cc(Oc3ccnc(NC(=O)c4ccc(C5CCN(C[C@H](C)O)CC5)cc4)c3)c(OCCOC)cc21. The Bertz CT molecular complexity index is 1580. The molecule has 3 N–H and O–H groups in total. The van der Waals surface area contributed by atoms with E-state index in [4.69, 9.17) is 14.2 Å². The van der Waals surface area contributed by atoms with Gasteiger partial charge in [-0.1, -0.05) is 12.1 Å². The molecule has 1 aliphatic heterocycles. The molecule has 2 amide bonds. The van der Waals surface area contributed by atoms with Crippen molar-refractivity contribution < 1.29 is 28.9 Å². The van der Waals surface area contributed by atoms with Crippen LogP contribution in [0.4, 0.5) is 10.6 Å². The molecule has 0 aliphatic carbocycles. The summed E-state index contributed by atoms with van der Waals surface area (Å²) in [6.07, 6.45) is 4.98. The molecule has 1 aliphatic rings. The van der Waals surface area contributed by atoms with Gasteiger partial charge in [0.25, 0.3) is 5.91 Å². The van der Waals surface area contributed by atoms with Crippen LogP contribution in [0.5, 0.6) is 17.2 Å². The number of hydrogen-bond acceptors (Lipinski definition) is 8. The number of ether oxygens (including phenoxy) is 3. The van der Waals surface area contributed by atoms with Crippen molar-refractivity contribution in [1.82, 2.24) is 19.8 Å². The molecule has 232 valence electrons. The van der Waals surface area contributed by atoms with Crippen molar-refractivity contribution in [1.29, 1.82) is 0 Å². The Morgan fingerprint density at radius 3 is 2.52 bits per heavy atom. The molecule has 2 aromatic heterocycles. The predicted octanol–water partition coefficient (Wildman–Crippen LogP) is 4.85. The third kappa shape index (κ3) is 7.54. The summed E-state index contributed by atoms with van der Waals surface area (Å²) < 4.78 is 18.7. The minimum absolute atomic E-state index is 0.269. The van der Waals surface area contributed by atoms with Crippen LogP contribution >= 0.6 is 0 Å². The van der Waals surface area contributed by atoms with Gasteiger partial charge in [-0.05, 0) is 74.7 Å². The molecule has 1 atom stereocenters. The molecule has 0 bridgehead atoms. The van der Waals surface area contributed by atoms with Crippen molar-refractivity contribution >= 4 is 28.7 Å². The smallest absolute Gasteiger partial charge is 0.325 e. The van der Waals surface area contributed by atoms with E-state index in [9.17, 15) is 14.7 Å². The van der Waals surface area contributed by atoms with Crippen LogP contribution in [0, 0.1) is 0 Å². The van der Waals surface area contributed by atoms with Crippen molar-refractivity contribution in [3.05, 3.63) is 78.1 Å². The highest BCUT2D eigenvalue weighted by molar-refractivity contribution is 6.03. The Morgan fingerprint density at radius 1 is 1.05 bits per heavy atom. The Hall–Kier alpha value is -4.45. The van der Waals surface area contributed by atoms with Gasteiger partial charge in [-0.25, -0.2) is 9.78 Å². The van der Waals surface area contributed by atoms with Crippen LogP contribution in [0.25, 0.3) is 10.9 Å². The number of fused-ring (bicyclic) bond motifs is 1. The molecule has 1 fully saturated rings. The van der Waals surface area contributed by atoms with E-state index in [0.717, 1.165) is 31.3 Å². The number of aliphatic hydroxyl groups is 1. The topological polar surface area (TPSA) is 127 Å². The monoisotopic (exact) mass is 601 g/mol. The summed E-state index contributed by atoms with van der Waals surface area (Å²) in [5.74, 6) is 1.85. The second-order valence-electron chi connectivity index (χ2n) is 10.9. The number of carbonyl (C=O) groups excluding carboxylic acids is 2. The number of aromatic nitrogens is 2. The molecule has 0 saturated carbocycles. The van der Waals surface area contributed by atoms with E-state index >= 15 is 0 Å². The van der Waals surface area contributed by atoms with Crippen LogP contribution in [0.3, 0.4) is 0 Å². The second-order valence-corrected chi connectivity index (χ2v) is 10.9. The first kappa shape index (κ1) is 31.0. The summed E-state index contributed by atoms with van der Waals surface area (Å²) in [7, 11) is 3.16. The highest BCUT2D eigenvalue weighted by Crippen LogP contribution is 2.37. The van der Waals surface area contributed by atoms with E-state index in [1.165, 1.54) is 10.1 Å². The molecule has 44 heavy (non-hydrogen) atoms. The van der Waals surface area contributed by atoms with E-state index in [2.05, 4.69) is 20.5 Å². The van der Waals surface area contributed by atoms with Gasteiger partial charge in [0.1, 0.15) is 18.2 Å². The molecule has 4 aromatic rings. The number of methoxy groups -OCH3 is 1. The van der Waals surface area contributed by atoms with E-state index in [1.54, 1.807) is 50.8 Å². The number of hydrogen-bond donors (Lipinski definition) is 3. The van der Waals surface area contributed by atoms with Crippen molar-refractivity contribution in [3.63, 3.8) is 0 Å². The third-order valence-corrected chi connectivity index (χ3v) is 7.69. The summed E-state index contributed by atoms with van der Waals surface area (Å²) in [5.41, 5.74) is 2.42. The van der Waals surface area contributed by atoms with Gasteiger partial charge < -0.3 is 34.9 Å². The Balaban J connectivity index is 1.26. The van der Waals surface area contributed by atoms with Crippen LogP contribution in [-0.4, -0.2) is 84.6 Å². The van der Waals surface area contributed by atoms with Gasteiger partial charge in [-0.3, -0.25) is 9.36 Å². The highest BCUT2D eigenvalue weighted by Gasteiger charge is 2.22. The fourth-order valence-corrected chi connectivity index (χ4v) is 5.45. The normalized spacial score (nSPS) is 14.7. The fraction of sp³-hybridized carbons (Fsp3) is 0.364. The molecule has 0 spiro atoms. The number of benzene rings is 2. The molecule has 0 unspecified atom stereocenters. The number of nitrogens with one attached hydrogen (secondary N) is 2. The number of rotatable bonds is 11. The zero-order valence-electron chi connectivity index (χ0n) is 25.3. The summed E-state index contributed by atoms with van der Waals surface area (Å²) in [4.78, 5) is 32.0. The summed E-state index contributed by atoms with van der Waals surface area (Å²) in [6.45, 7) is 5.11. The van der Waals surface area contributed by atoms with E-state index in [-0.39, 0.29) is 24.6 Å². The van der Waals surface area contributed by atoms with E-state index < -0.39 is 0 Å². The number of amides is 2. The maximum absolute atomic E-state index is 13.1. The minimum Gasteiger partial charge on any atom is -0.487 e. The fourth-order valence-electron chi connectivity index (χ4n) is 5.45. The first-order chi connectivity index (χ1) is 21.3. The van der Waals surface area contributed by atoms with E-state index in [1.807, 2.05) is 37.3 Å². The van der Waals surface area contributed by atoms with Crippen molar-refractivity contribution in [3.8, 4) is 17.2 Å². The maximum Gasteiger partial charge on any atom is 0.325 e. The lowest BCUT2D eigenvalue weighted by atomic mass is 9.89. The van der Waals surface area contributed by atoms with Crippen molar-refractivity contribution in [2.45, 2.75) is 31.8 Å². The maximum atomic E-state index is 13.1. The van der Waals surface area contributed by atoms with Crippen LogP contribution in [0.2, 0.25) is 0 Å². The second kappa shape index (κ2) is 14.3.